The molecule has 0 fully saturated rings. The van der Waals surface area contributed by atoms with Gasteiger partial charge < -0.3 is 0 Å². The standard InChI is InChI=1S/C50H32/c1-2-15-35-31(11-1)12-10-22-36(35)39-29-30-44(38-17-4-3-16-37(38)39)49-40-18-5-7-20-42(40)50(43-21-8-6-19-41(43)49)46-28-26-34-24-23-32-13-9-14-33-25-27-45(46)48(34)47(32)33/h1-9,11,13-30H,10,12H2. The smallest absolute Gasteiger partial charge is 0.00201 e. The monoisotopic (exact) mass is 632 g/mol. The Morgan fingerprint density at radius 3 is 1.46 bits per heavy atom. The Hall–Kier alpha value is -6.24. The molecule has 50 heavy (non-hydrogen) atoms. The van der Waals surface area contributed by atoms with E-state index in [1.54, 1.807) is 0 Å². The van der Waals surface area contributed by atoms with Crippen molar-refractivity contribution in [3.63, 3.8) is 0 Å². The van der Waals surface area contributed by atoms with Gasteiger partial charge in [0.1, 0.15) is 0 Å². The van der Waals surface area contributed by atoms with Crippen molar-refractivity contribution in [2.45, 2.75) is 12.8 Å². The van der Waals surface area contributed by atoms with Crippen LogP contribution in [0.1, 0.15) is 23.1 Å². The van der Waals surface area contributed by atoms with Crippen molar-refractivity contribution in [3.05, 3.63) is 187 Å². The Balaban J connectivity index is 1.22. The maximum atomic E-state index is 2.44. The Morgan fingerprint density at radius 1 is 0.300 bits per heavy atom. The second-order valence-electron chi connectivity index (χ2n) is 13.8. The highest BCUT2D eigenvalue weighted by molar-refractivity contribution is 6.30. The zero-order valence-electron chi connectivity index (χ0n) is 27.6. The molecule has 1 aliphatic carbocycles. The van der Waals surface area contributed by atoms with Gasteiger partial charge in [0.15, 0.2) is 0 Å². The third-order valence-electron chi connectivity index (χ3n) is 11.3. The third kappa shape index (κ3) is 3.88. The van der Waals surface area contributed by atoms with Crippen molar-refractivity contribution in [3.8, 4) is 22.3 Å². The predicted octanol–water partition coefficient (Wildman–Crippen LogP) is 13.8. The van der Waals surface area contributed by atoms with Crippen LogP contribution in [0.2, 0.25) is 0 Å². The molecule has 0 bridgehead atoms. The first kappa shape index (κ1) is 27.7. The SMILES string of the molecule is C1=C(c2ccc(-c3c4ccccc4c(-c4ccc5ccc6cccc7ccc4c5c67)c4ccccc34)c3ccccc23)c2ccccc2CC1. The first-order valence-electron chi connectivity index (χ1n) is 17.7. The number of hydrogen-bond acceptors (Lipinski definition) is 0. The molecule has 0 N–H and O–H groups in total. The van der Waals surface area contributed by atoms with Crippen LogP contribution in [0, 0.1) is 0 Å². The van der Waals surface area contributed by atoms with E-state index in [9.17, 15) is 0 Å². The van der Waals surface area contributed by atoms with Crippen molar-refractivity contribution in [2.24, 2.45) is 0 Å². The highest BCUT2D eigenvalue weighted by Crippen LogP contribution is 2.49. The van der Waals surface area contributed by atoms with Crippen molar-refractivity contribution >= 4 is 70.2 Å². The van der Waals surface area contributed by atoms with E-state index < -0.39 is 0 Å². The normalized spacial score (nSPS) is 13.2. The second kappa shape index (κ2) is 10.6. The number of allylic oxidation sites excluding steroid dienone is 1. The van der Waals surface area contributed by atoms with E-state index >= 15 is 0 Å². The molecule has 0 aliphatic heterocycles. The molecule has 0 heteroatoms. The molecule has 10 aromatic rings. The minimum absolute atomic E-state index is 1.07. The largest absolute Gasteiger partial charge is 0.0757 e. The lowest BCUT2D eigenvalue weighted by molar-refractivity contribution is 0.978. The minimum Gasteiger partial charge on any atom is -0.0757 e. The van der Waals surface area contributed by atoms with E-state index in [-0.39, 0.29) is 0 Å². The molecule has 0 amide bonds. The number of hydrogen-bond donors (Lipinski definition) is 0. The molecule has 0 nitrogen and oxygen atoms in total. The summed E-state index contributed by atoms with van der Waals surface area (Å²) < 4.78 is 0. The van der Waals surface area contributed by atoms with Crippen molar-refractivity contribution < 1.29 is 0 Å². The summed E-state index contributed by atoms with van der Waals surface area (Å²) in [6.07, 6.45) is 4.62. The molecule has 0 aromatic heterocycles. The molecule has 10 aromatic carbocycles. The molecule has 0 heterocycles. The van der Waals surface area contributed by atoms with Gasteiger partial charge in [-0.3, -0.25) is 0 Å². The molecule has 1 aliphatic rings. The lowest BCUT2D eigenvalue weighted by atomic mass is 9.81. The fourth-order valence-electron chi connectivity index (χ4n) is 9.15. The average Bonchev–Trinajstić information content (AvgIpc) is 3.19. The van der Waals surface area contributed by atoms with Crippen molar-refractivity contribution in [2.75, 3.05) is 0 Å². The Morgan fingerprint density at radius 2 is 0.780 bits per heavy atom. The summed E-state index contributed by atoms with van der Waals surface area (Å²) in [5.74, 6) is 0. The van der Waals surface area contributed by atoms with E-state index in [1.807, 2.05) is 0 Å². The summed E-state index contributed by atoms with van der Waals surface area (Å²) in [6.45, 7) is 0. The Bertz CT molecular complexity index is 2960. The fourth-order valence-corrected chi connectivity index (χ4v) is 9.15. The highest BCUT2D eigenvalue weighted by Gasteiger charge is 2.22. The van der Waals surface area contributed by atoms with Crippen LogP contribution in [0.4, 0.5) is 0 Å². The van der Waals surface area contributed by atoms with Gasteiger partial charge in [-0.25, -0.2) is 0 Å². The van der Waals surface area contributed by atoms with E-state index in [0.29, 0.717) is 0 Å². The molecule has 0 saturated heterocycles. The molecular formula is C50H32. The van der Waals surface area contributed by atoms with Gasteiger partial charge >= 0.3 is 0 Å². The highest BCUT2D eigenvalue weighted by atomic mass is 14.3. The Labute approximate surface area is 290 Å². The van der Waals surface area contributed by atoms with Crippen LogP contribution in [0.3, 0.4) is 0 Å². The second-order valence-corrected chi connectivity index (χ2v) is 13.8. The summed E-state index contributed by atoms with van der Waals surface area (Å²) in [5, 5.41) is 15.6. The molecule has 0 saturated carbocycles. The van der Waals surface area contributed by atoms with Crippen LogP contribution in [0.5, 0.6) is 0 Å². The van der Waals surface area contributed by atoms with Gasteiger partial charge in [-0.05, 0) is 122 Å². The van der Waals surface area contributed by atoms with Crippen LogP contribution in [0.15, 0.2) is 170 Å². The lowest BCUT2D eigenvalue weighted by Gasteiger charge is -2.22. The van der Waals surface area contributed by atoms with Gasteiger partial charge in [-0.15, -0.1) is 0 Å². The van der Waals surface area contributed by atoms with E-state index in [2.05, 4.69) is 170 Å². The summed E-state index contributed by atoms with van der Waals surface area (Å²) in [5.41, 5.74) is 10.7. The number of benzene rings is 10. The minimum atomic E-state index is 1.07. The van der Waals surface area contributed by atoms with Gasteiger partial charge in [0.2, 0.25) is 0 Å². The molecule has 232 valence electrons. The van der Waals surface area contributed by atoms with Gasteiger partial charge in [0.25, 0.3) is 0 Å². The van der Waals surface area contributed by atoms with E-state index in [4.69, 9.17) is 0 Å². The zero-order valence-corrected chi connectivity index (χ0v) is 27.6. The first-order valence-corrected chi connectivity index (χ1v) is 17.7. The summed E-state index contributed by atoms with van der Waals surface area (Å²) in [7, 11) is 0. The molecular weight excluding hydrogens is 601 g/mol. The molecule has 0 atom stereocenters. The molecule has 0 spiro atoms. The summed E-state index contributed by atoms with van der Waals surface area (Å²) >= 11 is 0. The van der Waals surface area contributed by atoms with E-state index in [1.165, 1.54) is 109 Å². The molecule has 11 rings (SSSR count). The van der Waals surface area contributed by atoms with Gasteiger partial charge in [0, 0.05) is 0 Å². The van der Waals surface area contributed by atoms with Gasteiger partial charge in [-0.2, -0.15) is 0 Å². The molecule has 0 radical (unpaired) electrons. The van der Waals surface area contributed by atoms with Crippen LogP contribution >= 0.6 is 0 Å². The lowest BCUT2D eigenvalue weighted by Crippen LogP contribution is -2.01. The van der Waals surface area contributed by atoms with Gasteiger partial charge in [-0.1, -0.05) is 170 Å². The van der Waals surface area contributed by atoms with E-state index in [0.717, 1.165) is 12.8 Å². The predicted molar refractivity (Wildman–Crippen MR) is 215 cm³/mol. The maximum Gasteiger partial charge on any atom is -0.00201 e. The van der Waals surface area contributed by atoms with Crippen LogP contribution in [0.25, 0.3) is 92.5 Å². The number of rotatable bonds is 3. The molecule has 0 unspecified atom stereocenters. The number of fused-ring (bicyclic) bond motifs is 4. The van der Waals surface area contributed by atoms with Crippen LogP contribution in [-0.2, 0) is 6.42 Å². The van der Waals surface area contributed by atoms with Crippen LogP contribution in [-0.4, -0.2) is 0 Å². The number of aryl methyl sites for hydroxylation is 1. The first-order chi connectivity index (χ1) is 24.8. The topological polar surface area (TPSA) is 0 Å². The van der Waals surface area contributed by atoms with Crippen molar-refractivity contribution in [1.82, 2.24) is 0 Å². The zero-order chi connectivity index (χ0) is 32.8. The quantitative estimate of drug-likeness (QED) is 0.134. The fraction of sp³-hybridized carbons (Fsp3) is 0.0400. The van der Waals surface area contributed by atoms with Crippen LogP contribution < -0.4 is 0 Å². The summed E-state index contributed by atoms with van der Waals surface area (Å²) in [4.78, 5) is 0. The van der Waals surface area contributed by atoms with Crippen molar-refractivity contribution in [1.29, 1.82) is 0 Å². The Kier molecular flexibility index (Phi) is 5.89. The average molecular weight is 633 g/mol. The third-order valence-corrected chi connectivity index (χ3v) is 11.3. The maximum absolute atomic E-state index is 2.44. The van der Waals surface area contributed by atoms with Gasteiger partial charge in [0.05, 0.1) is 0 Å². The summed E-state index contributed by atoms with van der Waals surface area (Å²) in [6, 6.07) is 61.4.